The fraction of sp³-hybridized carbons (Fsp3) is 0.294. The molecule has 0 amide bonds. The van der Waals surface area contributed by atoms with Crippen molar-refractivity contribution in [2.45, 2.75) is 55.7 Å². The molecular weight excluding hydrogens is 536 g/mol. The van der Waals surface area contributed by atoms with Crippen LogP contribution in [0.4, 0.5) is 0 Å². The zero-order valence-electron chi connectivity index (χ0n) is 23.6. The Morgan fingerprint density at radius 3 is 1.61 bits per heavy atom. The van der Waals surface area contributed by atoms with Crippen LogP contribution >= 0.6 is 0 Å². The molecule has 214 valence electrons. The van der Waals surface area contributed by atoms with E-state index in [1.54, 1.807) is 24.3 Å². The van der Waals surface area contributed by atoms with Gasteiger partial charge in [0, 0.05) is 6.42 Å². The maximum Gasteiger partial charge on any atom is 0.297 e. The largest absolute Gasteiger partial charge is 0.358 e. The summed E-state index contributed by atoms with van der Waals surface area (Å²) in [7, 11) is -3.93. The molecule has 0 saturated carbocycles. The summed E-state index contributed by atoms with van der Waals surface area (Å²) >= 11 is 0. The van der Waals surface area contributed by atoms with Crippen LogP contribution in [0.25, 0.3) is 0 Å². The smallest absolute Gasteiger partial charge is 0.297 e. The first kappa shape index (κ1) is 29.2. The summed E-state index contributed by atoms with van der Waals surface area (Å²) in [5.74, 6) is -0.956. The van der Waals surface area contributed by atoms with Crippen LogP contribution in [0.5, 0.6) is 0 Å². The fourth-order valence-electron chi connectivity index (χ4n) is 5.35. The lowest BCUT2D eigenvalue weighted by atomic mass is 9.80. The van der Waals surface area contributed by atoms with Crippen molar-refractivity contribution in [3.8, 4) is 0 Å². The van der Waals surface area contributed by atoms with Crippen molar-refractivity contribution in [2.24, 2.45) is 0 Å². The molecule has 1 saturated heterocycles. The van der Waals surface area contributed by atoms with Crippen LogP contribution in [0.2, 0.25) is 0 Å². The molecule has 2 atom stereocenters. The molecule has 4 aromatic rings. The molecule has 0 N–H and O–H groups in total. The molecule has 0 aliphatic carbocycles. The van der Waals surface area contributed by atoms with E-state index in [1.165, 1.54) is 0 Å². The lowest BCUT2D eigenvalue weighted by Gasteiger charge is -2.42. The van der Waals surface area contributed by atoms with Crippen molar-refractivity contribution in [3.63, 3.8) is 0 Å². The Morgan fingerprint density at radius 1 is 0.707 bits per heavy atom. The number of ether oxygens (including phenoxy) is 3. The van der Waals surface area contributed by atoms with Crippen LogP contribution in [0.1, 0.15) is 42.5 Å². The molecule has 6 nitrogen and oxygen atoms in total. The van der Waals surface area contributed by atoms with Crippen molar-refractivity contribution in [1.29, 1.82) is 0 Å². The lowest BCUT2D eigenvalue weighted by Crippen LogP contribution is -2.49. The third-order valence-corrected chi connectivity index (χ3v) is 8.47. The number of rotatable bonds is 10. The summed E-state index contributed by atoms with van der Waals surface area (Å²) in [6.45, 7) is 5.66. The van der Waals surface area contributed by atoms with Gasteiger partial charge in [-0.1, -0.05) is 109 Å². The van der Waals surface area contributed by atoms with Gasteiger partial charge < -0.3 is 14.2 Å². The van der Waals surface area contributed by atoms with Crippen LogP contribution in [0, 0.1) is 6.92 Å². The summed E-state index contributed by atoms with van der Waals surface area (Å²) in [5.41, 5.74) is 3.06. The maximum atomic E-state index is 12.8. The van der Waals surface area contributed by atoms with Crippen LogP contribution < -0.4 is 0 Å². The Kier molecular flexibility index (Phi) is 8.73. The minimum absolute atomic E-state index is 0.118. The quantitative estimate of drug-likeness (QED) is 0.157. The molecular formula is C34H36O6S. The summed E-state index contributed by atoms with van der Waals surface area (Å²) in [4.78, 5) is 0.118. The zero-order valence-corrected chi connectivity index (χ0v) is 24.4. The van der Waals surface area contributed by atoms with E-state index in [0.29, 0.717) is 6.42 Å². The molecule has 1 aliphatic heterocycles. The van der Waals surface area contributed by atoms with E-state index in [9.17, 15) is 8.42 Å². The van der Waals surface area contributed by atoms with E-state index in [2.05, 4.69) is 36.4 Å². The van der Waals surface area contributed by atoms with Crippen molar-refractivity contribution in [2.75, 3.05) is 13.2 Å². The van der Waals surface area contributed by atoms with E-state index in [-0.39, 0.29) is 24.2 Å². The second kappa shape index (κ2) is 12.3. The fourth-order valence-corrected chi connectivity index (χ4v) is 6.29. The number of hydrogen-bond donors (Lipinski definition) is 0. The topological polar surface area (TPSA) is 71.1 Å². The molecule has 0 radical (unpaired) electrons. The Balaban J connectivity index is 1.39. The standard InChI is InChI=1S/C34H36O6S/c1-26-19-21-32(22-20-26)41(35,36)38-25-31-23-30(39-33(2,3)40-31)24-37-34(27-13-7-4-8-14-27,28-15-9-5-10-16-28)29-17-11-6-12-18-29/h4-22,30-31H,23-25H2,1-3H3/t30-,31+/m0/s1. The molecule has 41 heavy (non-hydrogen) atoms. The molecule has 0 aromatic heterocycles. The molecule has 1 heterocycles. The van der Waals surface area contributed by atoms with Gasteiger partial charge in [0.25, 0.3) is 10.1 Å². The highest BCUT2D eigenvalue weighted by Gasteiger charge is 2.41. The molecule has 0 bridgehead atoms. The number of aryl methyl sites for hydroxylation is 1. The average Bonchev–Trinajstić information content (AvgIpc) is 2.98. The predicted octanol–water partition coefficient (Wildman–Crippen LogP) is 6.62. The Labute approximate surface area is 243 Å². The third-order valence-electron chi connectivity index (χ3n) is 7.17. The maximum absolute atomic E-state index is 12.8. The van der Waals surface area contributed by atoms with Gasteiger partial charge >= 0.3 is 0 Å². The second-order valence-electron chi connectivity index (χ2n) is 10.8. The molecule has 4 aromatic carbocycles. The van der Waals surface area contributed by atoms with E-state index < -0.39 is 27.6 Å². The predicted molar refractivity (Wildman–Crippen MR) is 158 cm³/mol. The first-order valence-corrected chi connectivity index (χ1v) is 15.2. The van der Waals surface area contributed by atoms with Gasteiger partial charge in [-0.05, 0) is 49.6 Å². The van der Waals surface area contributed by atoms with Gasteiger partial charge in [-0.15, -0.1) is 0 Å². The average molecular weight is 573 g/mol. The normalized spacial score (nSPS) is 19.1. The molecule has 0 unspecified atom stereocenters. The molecule has 1 fully saturated rings. The highest BCUT2D eigenvalue weighted by Crippen LogP contribution is 2.41. The number of benzene rings is 4. The minimum atomic E-state index is -3.93. The van der Waals surface area contributed by atoms with Gasteiger partial charge in [0.15, 0.2) is 5.79 Å². The molecule has 7 heteroatoms. The molecule has 0 spiro atoms. The SMILES string of the molecule is Cc1ccc(S(=O)(=O)OC[C@H]2C[C@@H](COC(c3ccccc3)(c3ccccc3)c3ccccc3)OC(C)(C)O2)cc1. The third kappa shape index (κ3) is 6.77. The van der Waals surface area contributed by atoms with Gasteiger partial charge in [0.1, 0.15) is 5.60 Å². The highest BCUT2D eigenvalue weighted by molar-refractivity contribution is 7.86. The van der Waals surface area contributed by atoms with E-state index in [4.69, 9.17) is 18.4 Å². The summed E-state index contributed by atoms with van der Waals surface area (Å²) in [6.07, 6.45) is -0.474. The van der Waals surface area contributed by atoms with Crippen molar-refractivity contribution in [1.82, 2.24) is 0 Å². The van der Waals surface area contributed by atoms with Crippen molar-refractivity contribution < 1.29 is 26.8 Å². The Bertz CT molecular complexity index is 1410. The van der Waals surface area contributed by atoms with E-state index in [0.717, 1.165) is 22.3 Å². The lowest BCUT2D eigenvalue weighted by molar-refractivity contribution is -0.310. The van der Waals surface area contributed by atoms with Crippen LogP contribution in [0.3, 0.4) is 0 Å². The Hall–Kier alpha value is -3.33. The van der Waals surface area contributed by atoms with E-state index in [1.807, 2.05) is 75.4 Å². The minimum Gasteiger partial charge on any atom is -0.358 e. The van der Waals surface area contributed by atoms with Gasteiger partial charge in [-0.25, -0.2) is 0 Å². The zero-order chi connectivity index (χ0) is 28.9. The van der Waals surface area contributed by atoms with Crippen LogP contribution in [0.15, 0.2) is 120 Å². The van der Waals surface area contributed by atoms with Crippen LogP contribution in [-0.2, 0) is 34.1 Å². The Morgan fingerprint density at radius 2 is 1.15 bits per heavy atom. The van der Waals surface area contributed by atoms with Crippen molar-refractivity contribution in [3.05, 3.63) is 138 Å². The van der Waals surface area contributed by atoms with E-state index >= 15 is 0 Å². The summed E-state index contributed by atoms with van der Waals surface area (Å²) < 4.78 is 50.4. The summed E-state index contributed by atoms with van der Waals surface area (Å²) in [6, 6.07) is 37.0. The van der Waals surface area contributed by atoms with Gasteiger partial charge in [0.05, 0.1) is 30.3 Å². The second-order valence-corrected chi connectivity index (χ2v) is 12.4. The highest BCUT2D eigenvalue weighted by atomic mass is 32.2. The van der Waals surface area contributed by atoms with Crippen LogP contribution in [-0.4, -0.2) is 39.6 Å². The first-order valence-electron chi connectivity index (χ1n) is 13.8. The van der Waals surface area contributed by atoms with Gasteiger partial charge in [-0.2, -0.15) is 8.42 Å². The van der Waals surface area contributed by atoms with Crippen molar-refractivity contribution >= 4 is 10.1 Å². The van der Waals surface area contributed by atoms with Gasteiger partial charge in [-0.3, -0.25) is 4.18 Å². The number of hydrogen-bond acceptors (Lipinski definition) is 6. The molecule has 1 aliphatic rings. The molecule has 5 rings (SSSR count). The summed E-state index contributed by atoms with van der Waals surface area (Å²) in [5, 5.41) is 0. The monoisotopic (exact) mass is 572 g/mol. The van der Waals surface area contributed by atoms with Gasteiger partial charge in [0.2, 0.25) is 0 Å². The first-order chi connectivity index (χ1) is 19.7.